The molecule has 0 unspecified atom stereocenters. The summed E-state index contributed by atoms with van der Waals surface area (Å²) in [5, 5.41) is 0. The Bertz CT molecular complexity index is 526. The van der Waals surface area contributed by atoms with Crippen LogP contribution in [0.4, 0.5) is 0 Å². The Morgan fingerprint density at radius 3 is 2.04 bits per heavy atom. The van der Waals surface area contributed by atoms with Gasteiger partial charge < -0.3 is 9.05 Å². The maximum absolute atomic E-state index is 12.9. The van der Waals surface area contributed by atoms with Gasteiger partial charge in [0.15, 0.2) is 0 Å². The zero-order valence-electron chi connectivity index (χ0n) is 14.9. The van der Waals surface area contributed by atoms with Crippen LogP contribution in [0.5, 0.6) is 0 Å². The second kappa shape index (κ2) is 9.36. The number of hydrogen-bond donors (Lipinski definition) is 0. The fourth-order valence-corrected chi connectivity index (χ4v) is 4.36. The van der Waals surface area contributed by atoms with Crippen LogP contribution in [0.25, 0.3) is 0 Å². The van der Waals surface area contributed by atoms with E-state index in [9.17, 15) is 9.36 Å². The Morgan fingerprint density at radius 1 is 1.09 bits per heavy atom. The van der Waals surface area contributed by atoms with E-state index in [-0.39, 0.29) is 23.8 Å². The van der Waals surface area contributed by atoms with Crippen LogP contribution in [0.3, 0.4) is 0 Å². The van der Waals surface area contributed by atoms with Gasteiger partial charge in [0.25, 0.3) is 0 Å². The number of rotatable bonds is 10. The minimum atomic E-state index is -3.19. The molecule has 0 aromatic heterocycles. The predicted octanol–water partition coefficient (Wildman–Crippen LogP) is 4.96. The van der Waals surface area contributed by atoms with E-state index in [4.69, 9.17) is 9.05 Å². The fourth-order valence-electron chi connectivity index (χ4n) is 2.41. The Balaban J connectivity index is 3.04. The summed E-state index contributed by atoms with van der Waals surface area (Å²) in [4.78, 5) is 12.2. The van der Waals surface area contributed by atoms with Crippen LogP contribution >= 0.6 is 7.60 Å². The van der Waals surface area contributed by atoms with Crippen molar-refractivity contribution >= 4 is 13.4 Å². The minimum absolute atomic E-state index is 0.0403. The van der Waals surface area contributed by atoms with Crippen molar-refractivity contribution in [1.82, 2.24) is 0 Å². The molecule has 0 bridgehead atoms. The van der Waals surface area contributed by atoms with Gasteiger partial charge in [0.2, 0.25) is 0 Å². The number of hydrogen-bond acceptors (Lipinski definition) is 4. The highest BCUT2D eigenvalue weighted by Crippen LogP contribution is 2.52. The van der Waals surface area contributed by atoms with Gasteiger partial charge in [0, 0.05) is 18.3 Å². The molecule has 1 atom stereocenters. The van der Waals surface area contributed by atoms with E-state index in [1.165, 1.54) is 0 Å². The van der Waals surface area contributed by atoms with Crippen LogP contribution in [-0.4, -0.2) is 25.2 Å². The van der Waals surface area contributed by atoms with E-state index in [0.717, 1.165) is 11.1 Å². The van der Waals surface area contributed by atoms with Gasteiger partial charge in [0.05, 0.1) is 19.4 Å². The lowest BCUT2D eigenvalue weighted by Gasteiger charge is -2.24. The molecule has 0 spiro atoms. The molecule has 4 nitrogen and oxygen atoms in total. The predicted molar refractivity (Wildman–Crippen MR) is 94.1 cm³/mol. The normalized spacial score (nSPS) is 13.3. The van der Waals surface area contributed by atoms with Gasteiger partial charge in [-0.05, 0) is 26.3 Å². The summed E-state index contributed by atoms with van der Waals surface area (Å²) in [5.41, 5.74) is 2.16. The average Bonchev–Trinajstić information content (AvgIpc) is 2.47. The number of Topliss-reactive ketones (excluding diaryl/α,β-unsaturated/α-hetero) is 1. The molecule has 0 heterocycles. The molecular formula is C18H29O4P. The van der Waals surface area contributed by atoms with Crippen LogP contribution in [0.15, 0.2) is 24.3 Å². The summed E-state index contributed by atoms with van der Waals surface area (Å²) in [7, 11) is -3.19. The largest absolute Gasteiger partial charge is 0.331 e. The van der Waals surface area contributed by atoms with Crippen molar-refractivity contribution in [2.24, 2.45) is 5.92 Å². The first-order chi connectivity index (χ1) is 10.8. The molecule has 0 aliphatic rings. The molecule has 130 valence electrons. The molecule has 0 aliphatic heterocycles. The van der Waals surface area contributed by atoms with Crippen LogP contribution < -0.4 is 0 Å². The van der Waals surface area contributed by atoms with Crippen LogP contribution in [0.2, 0.25) is 0 Å². The number of carbonyl (C=O) groups is 1. The van der Waals surface area contributed by atoms with E-state index < -0.39 is 7.60 Å². The Morgan fingerprint density at radius 2 is 1.61 bits per heavy atom. The molecule has 0 amide bonds. The fraction of sp³-hybridized carbons (Fsp3) is 0.611. The molecule has 0 saturated carbocycles. The second-order valence-electron chi connectivity index (χ2n) is 6.06. The van der Waals surface area contributed by atoms with Crippen molar-refractivity contribution in [1.29, 1.82) is 0 Å². The van der Waals surface area contributed by atoms with Gasteiger partial charge in [-0.3, -0.25) is 9.36 Å². The smallest absolute Gasteiger partial charge is 0.309 e. The molecule has 0 radical (unpaired) electrons. The third-order valence-electron chi connectivity index (χ3n) is 3.74. The SMILES string of the molecule is CCOP(=O)(C[C@@H](CC(=O)C(C)C)c1ccc(C)cc1)OCC. The molecule has 0 fully saturated rings. The first kappa shape index (κ1) is 20.1. The Labute approximate surface area is 140 Å². The molecule has 0 N–H and O–H groups in total. The summed E-state index contributed by atoms with van der Waals surface area (Å²) < 4.78 is 23.7. The van der Waals surface area contributed by atoms with Crippen molar-refractivity contribution in [2.45, 2.75) is 47.0 Å². The van der Waals surface area contributed by atoms with Crippen molar-refractivity contribution in [2.75, 3.05) is 19.4 Å². The van der Waals surface area contributed by atoms with E-state index >= 15 is 0 Å². The zero-order valence-corrected chi connectivity index (χ0v) is 15.8. The van der Waals surface area contributed by atoms with Gasteiger partial charge in [-0.2, -0.15) is 0 Å². The quantitative estimate of drug-likeness (QED) is 0.565. The van der Waals surface area contributed by atoms with Crippen molar-refractivity contribution < 1.29 is 18.4 Å². The summed E-state index contributed by atoms with van der Waals surface area (Å²) in [6.07, 6.45) is 0.584. The summed E-state index contributed by atoms with van der Waals surface area (Å²) in [5.74, 6) is -0.0360. The van der Waals surface area contributed by atoms with E-state index in [0.29, 0.717) is 19.6 Å². The van der Waals surface area contributed by atoms with Gasteiger partial charge in [-0.1, -0.05) is 43.7 Å². The lowest BCUT2D eigenvalue weighted by atomic mass is 9.91. The first-order valence-corrected chi connectivity index (χ1v) is 10.0. The highest BCUT2D eigenvalue weighted by Gasteiger charge is 2.31. The average molecular weight is 340 g/mol. The zero-order chi connectivity index (χ0) is 17.5. The third kappa shape index (κ3) is 6.58. The van der Waals surface area contributed by atoms with Gasteiger partial charge >= 0.3 is 7.60 Å². The van der Waals surface area contributed by atoms with E-state index in [1.54, 1.807) is 13.8 Å². The minimum Gasteiger partial charge on any atom is -0.309 e. The van der Waals surface area contributed by atoms with Crippen LogP contribution in [0, 0.1) is 12.8 Å². The molecular weight excluding hydrogens is 311 g/mol. The number of ketones is 1. The van der Waals surface area contributed by atoms with Crippen molar-refractivity contribution in [3.63, 3.8) is 0 Å². The highest BCUT2D eigenvalue weighted by atomic mass is 31.2. The van der Waals surface area contributed by atoms with Gasteiger partial charge in [-0.25, -0.2) is 0 Å². The number of carbonyl (C=O) groups excluding carboxylic acids is 1. The van der Waals surface area contributed by atoms with Gasteiger partial charge in [0.1, 0.15) is 5.78 Å². The molecule has 0 saturated heterocycles. The van der Waals surface area contributed by atoms with Crippen LogP contribution in [0.1, 0.15) is 51.2 Å². The molecule has 23 heavy (non-hydrogen) atoms. The summed E-state index contributed by atoms with van der Waals surface area (Å²) in [6, 6.07) is 8.01. The van der Waals surface area contributed by atoms with Crippen molar-refractivity contribution in [3.05, 3.63) is 35.4 Å². The maximum atomic E-state index is 12.9. The number of benzene rings is 1. The van der Waals surface area contributed by atoms with Gasteiger partial charge in [-0.15, -0.1) is 0 Å². The third-order valence-corrected chi connectivity index (χ3v) is 5.93. The van der Waals surface area contributed by atoms with Crippen molar-refractivity contribution in [3.8, 4) is 0 Å². The van der Waals surface area contributed by atoms with E-state index in [2.05, 4.69) is 0 Å². The number of aryl methyl sites for hydroxylation is 1. The molecule has 5 heteroatoms. The van der Waals surface area contributed by atoms with E-state index in [1.807, 2.05) is 45.0 Å². The molecule has 0 aliphatic carbocycles. The molecule has 1 aromatic rings. The Kier molecular flexibility index (Phi) is 8.18. The topological polar surface area (TPSA) is 52.6 Å². The lowest BCUT2D eigenvalue weighted by molar-refractivity contribution is -0.122. The van der Waals surface area contributed by atoms with Crippen LogP contribution in [-0.2, 0) is 18.4 Å². The molecule has 1 rings (SSSR count). The maximum Gasteiger partial charge on any atom is 0.331 e. The lowest BCUT2D eigenvalue weighted by Crippen LogP contribution is -2.16. The summed E-state index contributed by atoms with van der Waals surface area (Å²) in [6.45, 7) is 10.0. The second-order valence-corrected chi connectivity index (χ2v) is 8.17. The monoisotopic (exact) mass is 340 g/mol. The first-order valence-electron chi connectivity index (χ1n) is 8.28. The Hall–Kier alpha value is -0.960. The summed E-state index contributed by atoms with van der Waals surface area (Å²) >= 11 is 0. The molecule has 1 aromatic carbocycles. The standard InChI is InChI=1S/C18H29O4P/c1-6-21-23(20,22-7-2)13-17(12-18(19)14(3)4)16-10-8-15(5)9-11-16/h8-11,14,17H,6-7,12-13H2,1-5H3/t17-/m1/s1. The highest BCUT2D eigenvalue weighted by molar-refractivity contribution is 7.53.